The Bertz CT molecular complexity index is 757. The van der Waals surface area contributed by atoms with Gasteiger partial charge in [-0.05, 0) is 49.4 Å². The highest BCUT2D eigenvalue weighted by Gasteiger charge is 2.04. The largest absolute Gasteiger partial charge is 0.399 e. The van der Waals surface area contributed by atoms with Crippen molar-refractivity contribution in [1.82, 2.24) is 9.78 Å². The molecule has 3 rings (SSSR count). The van der Waals surface area contributed by atoms with Crippen LogP contribution < -0.4 is 5.73 Å². The number of fused-ring (bicyclic) bond motifs is 1. The molecule has 2 N–H and O–H groups in total. The van der Waals surface area contributed by atoms with Gasteiger partial charge in [-0.1, -0.05) is 0 Å². The summed E-state index contributed by atoms with van der Waals surface area (Å²) in [5, 5.41) is 5.47. The third kappa shape index (κ3) is 2.08. The van der Waals surface area contributed by atoms with Crippen LogP contribution >= 0.6 is 0 Å². The molecule has 1 aromatic heterocycles. The number of hydrogen-bond acceptors (Lipinski definition) is 3. The fraction of sp³-hybridized carbons (Fsp3) is 0.0667. The maximum absolute atomic E-state index is 11.2. The Hall–Kier alpha value is -2.62. The molecule has 0 unspecified atom stereocenters. The number of carbonyl (C=O) groups excluding carboxylic acids is 1. The number of nitrogens with two attached hydrogens (primary N) is 1. The minimum Gasteiger partial charge on any atom is -0.399 e. The van der Waals surface area contributed by atoms with Gasteiger partial charge < -0.3 is 5.73 Å². The second kappa shape index (κ2) is 4.24. The molecule has 2 aromatic carbocycles. The molecule has 0 fully saturated rings. The average molecular weight is 251 g/mol. The molecular formula is C15H13N3O. The lowest BCUT2D eigenvalue weighted by molar-refractivity contribution is 0.101. The smallest absolute Gasteiger partial charge is 0.159 e. The topological polar surface area (TPSA) is 60.9 Å². The van der Waals surface area contributed by atoms with Gasteiger partial charge in [-0.15, -0.1) is 0 Å². The molecule has 4 heteroatoms. The standard InChI is InChI=1S/C15H13N3O/c1-10(19)11-2-5-14(6-3-11)18-9-12-8-13(16)4-7-15(12)17-18/h2-9H,16H2,1H3. The summed E-state index contributed by atoms with van der Waals surface area (Å²) in [4.78, 5) is 11.2. The summed E-state index contributed by atoms with van der Waals surface area (Å²) >= 11 is 0. The summed E-state index contributed by atoms with van der Waals surface area (Å²) in [5.74, 6) is 0.0601. The van der Waals surface area contributed by atoms with Gasteiger partial charge in [0.05, 0.1) is 11.2 Å². The number of aromatic nitrogens is 2. The Morgan fingerprint density at radius 2 is 1.89 bits per heavy atom. The van der Waals surface area contributed by atoms with Gasteiger partial charge in [-0.2, -0.15) is 5.10 Å². The first-order valence-corrected chi connectivity index (χ1v) is 6.00. The van der Waals surface area contributed by atoms with E-state index in [2.05, 4.69) is 5.10 Å². The molecule has 0 amide bonds. The zero-order valence-corrected chi connectivity index (χ0v) is 10.5. The normalized spacial score (nSPS) is 10.8. The molecule has 0 atom stereocenters. The number of nitrogen functional groups attached to an aromatic ring is 1. The third-order valence-electron chi connectivity index (χ3n) is 3.07. The summed E-state index contributed by atoms with van der Waals surface area (Å²) in [7, 11) is 0. The van der Waals surface area contributed by atoms with E-state index in [9.17, 15) is 4.79 Å². The second-order valence-corrected chi connectivity index (χ2v) is 4.49. The predicted octanol–water partition coefficient (Wildman–Crippen LogP) is 2.81. The maximum atomic E-state index is 11.2. The zero-order chi connectivity index (χ0) is 13.4. The third-order valence-corrected chi connectivity index (χ3v) is 3.07. The van der Waals surface area contributed by atoms with Crippen LogP contribution in [0, 0.1) is 0 Å². The van der Waals surface area contributed by atoms with E-state index in [1.54, 1.807) is 23.7 Å². The van der Waals surface area contributed by atoms with Crippen LogP contribution in [0.5, 0.6) is 0 Å². The zero-order valence-electron chi connectivity index (χ0n) is 10.5. The minimum absolute atomic E-state index is 0.0601. The monoisotopic (exact) mass is 251 g/mol. The van der Waals surface area contributed by atoms with E-state index in [1.165, 1.54) is 0 Å². The van der Waals surface area contributed by atoms with Crippen molar-refractivity contribution in [2.24, 2.45) is 0 Å². The molecule has 0 aliphatic heterocycles. The highest BCUT2D eigenvalue weighted by atomic mass is 16.1. The van der Waals surface area contributed by atoms with Gasteiger partial charge in [0.25, 0.3) is 0 Å². The average Bonchev–Trinajstić information content (AvgIpc) is 2.81. The first kappa shape index (κ1) is 11.5. The van der Waals surface area contributed by atoms with Crippen molar-refractivity contribution < 1.29 is 4.79 Å². The first-order valence-electron chi connectivity index (χ1n) is 6.00. The van der Waals surface area contributed by atoms with Gasteiger partial charge in [-0.25, -0.2) is 4.68 Å². The van der Waals surface area contributed by atoms with Crippen LogP contribution in [0.2, 0.25) is 0 Å². The molecular weight excluding hydrogens is 238 g/mol. The van der Waals surface area contributed by atoms with E-state index < -0.39 is 0 Å². The number of hydrogen-bond donors (Lipinski definition) is 1. The fourth-order valence-electron chi connectivity index (χ4n) is 2.03. The minimum atomic E-state index is 0.0601. The number of rotatable bonds is 2. The quantitative estimate of drug-likeness (QED) is 0.562. The van der Waals surface area contributed by atoms with Crippen molar-refractivity contribution in [2.45, 2.75) is 6.92 Å². The number of carbonyl (C=O) groups is 1. The van der Waals surface area contributed by atoms with E-state index in [1.807, 2.05) is 36.5 Å². The molecule has 0 bridgehead atoms. The Morgan fingerprint density at radius 1 is 1.16 bits per heavy atom. The van der Waals surface area contributed by atoms with Crippen molar-refractivity contribution in [1.29, 1.82) is 0 Å². The second-order valence-electron chi connectivity index (χ2n) is 4.49. The van der Waals surface area contributed by atoms with Gasteiger partial charge >= 0.3 is 0 Å². The Kier molecular flexibility index (Phi) is 2.56. The van der Waals surface area contributed by atoms with E-state index in [-0.39, 0.29) is 5.78 Å². The van der Waals surface area contributed by atoms with Gasteiger partial charge in [-0.3, -0.25) is 4.79 Å². The van der Waals surface area contributed by atoms with Crippen LogP contribution in [0.4, 0.5) is 5.69 Å². The molecule has 0 spiro atoms. The van der Waals surface area contributed by atoms with E-state index >= 15 is 0 Å². The number of Topliss-reactive ketones (excluding diaryl/α,β-unsaturated/α-hetero) is 1. The number of ketones is 1. The lowest BCUT2D eigenvalue weighted by atomic mass is 10.1. The van der Waals surface area contributed by atoms with Gasteiger partial charge in [0.15, 0.2) is 5.78 Å². The lowest BCUT2D eigenvalue weighted by Crippen LogP contribution is -1.96. The molecule has 94 valence electrons. The van der Waals surface area contributed by atoms with E-state index in [0.29, 0.717) is 5.56 Å². The van der Waals surface area contributed by atoms with Crippen molar-refractivity contribution >= 4 is 22.4 Å². The SMILES string of the molecule is CC(=O)c1ccc(-n2cc3cc(N)ccc3n2)cc1. The van der Waals surface area contributed by atoms with Crippen molar-refractivity contribution in [3.63, 3.8) is 0 Å². The molecule has 3 aromatic rings. The van der Waals surface area contributed by atoms with Crippen molar-refractivity contribution in [2.75, 3.05) is 5.73 Å². The first-order chi connectivity index (χ1) is 9.13. The highest BCUT2D eigenvalue weighted by molar-refractivity contribution is 5.94. The fourth-order valence-corrected chi connectivity index (χ4v) is 2.03. The summed E-state index contributed by atoms with van der Waals surface area (Å²) in [5.41, 5.74) is 8.98. The van der Waals surface area contributed by atoms with Gasteiger partial charge in [0.1, 0.15) is 0 Å². The van der Waals surface area contributed by atoms with Crippen molar-refractivity contribution in [3.8, 4) is 5.69 Å². The van der Waals surface area contributed by atoms with Crippen LogP contribution in [0.15, 0.2) is 48.7 Å². The number of anilines is 1. The highest BCUT2D eigenvalue weighted by Crippen LogP contribution is 2.18. The predicted molar refractivity (Wildman–Crippen MR) is 75.5 cm³/mol. The Balaban J connectivity index is 2.06. The van der Waals surface area contributed by atoms with Crippen molar-refractivity contribution in [3.05, 3.63) is 54.2 Å². The van der Waals surface area contributed by atoms with Crippen LogP contribution in [0.1, 0.15) is 17.3 Å². The Morgan fingerprint density at radius 3 is 2.58 bits per heavy atom. The molecule has 0 saturated heterocycles. The number of nitrogens with zero attached hydrogens (tertiary/aromatic N) is 2. The molecule has 0 aliphatic rings. The molecule has 0 saturated carbocycles. The van der Waals surface area contributed by atoms with Gasteiger partial charge in [0, 0.05) is 22.8 Å². The molecule has 0 aliphatic carbocycles. The van der Waals surface area contributed by atoms with Crippen LogP contribution in [0.3, 0.4) is 0 Å². The van der Waals surface area contributed by atoms with E-state index in [4.69, 9.17) is 5.73 Å². The number of benzene rings is 2. The molecule has 19 heavy (non-hydrogen) atoms. The van der Waals surface area contributed by atoms with Crippen LogP contribution in [-0.4, -0.2) is 15.6 Å². The van der Waals surface area contributed by atoms with E-state index in [0.717, 1.165) is 22.3 Å². The summed E-state index contributed by atoms with van der Waals surface area (Å²) in [6.07, 6.45) is 1.93. The summed E-state index contributed by atoms with van der Waals surface area (Å²) in [6.45, 7) is 1.56. The molecule has 4 nitrogen and oxygen atoms in total. The summed E-state index contributed by atoms with van der Waals surface area (Å²) < 4.78 is 1.79. The maximum Gasteiger partial charge on any atom is 0.159 e. The Labute approximate surface area is 110 Å². The molecule has 1 heterocycles. The van der Waals surface area contributed by atoms with Crippen LogP contribution in [0.25, 0.3) is 16.6 Å². The lowest BCUT2D eigenvalue weighted by Gasteiger charge is -2.01. The summed E-state index contributed by atoms with van der Waals surface area (Å²) in [6, 6.07) is 13.0. The van der Waals surface area contributed by atoms with Crippen LogP contribution in [-0.2, 0) is 0 Å². The van der Waals surface area contributed by atoms with Gasteiger partial charge in [0.2, 0.25) is 0 Å². The molecule has 0 radical (unpaired) electrons.